The summed E-state index contributed by atoms with van der Waals surface area (Å²) in [6.45, 7) is 7.47. The Hall–Kier alpha value is -2.42. The SMILES string of the molecule is CN(C(=O)CN1C(=O)N[C@](C)(c2ccc(C(C)(C)C)cc2)C1=O)[C@H]1CCS(=O)(=O)C1. The number of nitrogens with zero attached hydrogens (tertiary/aromatic N) is 2. The topological polar surface area (TPSA) is 104 Å². The Morgan fingerprint density at radius 2 is 1.83 bits per heavy atom. The molecule has 2 fully saturated rings. The van der Waals surface area contributed by atoms with Crippen LogP contribution in [0.2, 0.25) is 0 Å². The van der Waals surface area contributed by atoms with E-state index in [1.54, 1.807) is 6.92 Å². The van der Waals surface area contributed by atoms with Gasteiger partial charge >= 0.3 is 6.03 Å². The highest BCUT2D eigenvalue weighted by Crippen LogP contribution is 2.31. The van der Waals surface area contributed by atoms with Gasteiger partial charge in [-0.1, -0.05) is 45.0 Å². The van der Waals surface area contributed by atoms with Crippen LogP contribution in [0.4, 0.5) is 4.79 Å². The van der Waals surface area contributed by atoms with Crippen molar-refractivity contribution >= 4 is 27.7 Å². The molecular weight excluding hydrogens is 406 g/mol. The molecule has 0 saturated carbocycles. The minimum Gasteiger partial charge on any atom is -0.340 e. The van der Waals surface area contributed by atoms with Crippen molar-refractivity contribution in [1.29, 1.82) is 0 Å². The van der Waals surface area contributed by atoms with Crippen LogP contribution < -0.4 is 5.32 Å². The minimum absolute atomic E-state index is 0.0425. The predicted octanol–water partition coefficient (Wildman–Crippen LogP) is 1.40. The van der Waals surface area contributed by atoms with Crippen LogP contribution in [-0.2, 0) is 30.4 Å². The number of hydrogen-bond acceptors (Lipinski definition) is 5. The first-order valence-electron chi connectivity index (χ1n) is 9.96. The first kappa shape index (κ1) is 22.3. The van der Waals surface area contributed by atoms with Gasteiger partial charge in [0.15, 0.2) is 9.84 Å². The van der Waals surface area contributed by atoms with Gasteiger partial charge in [-0.2, -0.15) is 0 Å². The Morgan fingerprint density at radius 1 is 1.23 bits per heavy atom. The fourth-order valence-corrected chi connectivity index (χ4v) is 5.65. The summed E-state index contributed by atoms with van der Waals surface area (Å²) in [6, 6.07) is 6.44. The molecule has 0 aromatic heterocycles. The lowest BCUT2D eigenvalue weighted by Gasteiger charge is -2.26. The van der Waals surface area contributed by atoms with E-state index in [9.17, 15) is 22.8 Å². The standard InChI is InChI=1S/C21H29N3O5S/c1-20(2,3)14-6-8-15(9-7-14)21(4)18(26)24(19(27)22-21)12-17(25)23(5)16-10-11-30(28,29)13-16/h6-9,16H,10-13H2,1-5H3,(H,22,27)/t16-,21+/m0/s1. The van der Waals surface area contributed by atoms with E-state index in [4.69, 9.17) is 0 Å². The molecule has 4 amide bonds. The van der Waals surface area contributed by atoms with E-state index in [-0.39, 0.29) is 16.9 Å². The van der Waals surface area contributed by atoms with Crippen molar-refractivity contribution in [3.05, 3.63) is 35.4 Å². The lowest BCUT2D eigenvalue weighted by atomic mass is 9.84. The Bertz CT molecular complexity index is 981. The third-order valence-corrected chi connectivity index (χ3v) is 7.80. The van der Waals surface area contributed by atoms with Gasteiger partial charge in [-0.05, 0) is 29.9 Å². The van der Waals surface area contributed by atoms with Gasteiger partial charge in [0, 0.05) is 13.1 Å². The molecule has 3 rings (SSSR count). The van der Waals surface area contributed by atoms with E-state index in [1.165, 1.54) is 11.9 Å². The largest absolute Gasteiger partial charge is 0.340 e. The van der Waals surface area contributed by atoms with E-state index in [2.05, 4.69) is 26.1 Å². The first-order chi connectivity index (χ1) is 13.7. The molecule has 2 aliphatic rings. The summed E-state index contributed by atoms with van der Waals surface area (Å²) >= 11 is 0. The van der Waals surface area contributed by atoms with Crippen LogP contribution in [0.25, 0.3) is 0 Å². The molecule has 1 aromatic rings. The normalized spacial score (nSPS) is 26.0. The van der Waals surface area contributed by atoms with Crippen LogP contribution in [0.1, 0.15) is 45.2 Å². The first-order valence-corrected chi connectivity index (χ1v) is 11.8. The van der Waals surface area contributed by atoms with E-state index in [0.717, 1.165) is 10.5 Å². The fourth-order valence-electron chi connectivity index (χ4n) is 3.87. The second-order valence-corrected chi connectivity index (χ2v) is 11.6. The molecule has 164 valence electrons. The molecule has 0 bridgehead atoms. The molecule has 30 heavy (non-hydrogen) atoms. The van der Waals surface area contributed by atoms with Crippen molar-refractivity contribution in [1.82, 2.24) is 15.1 Å². The zero-order valence-corrected chi connectivity index (χ0v) is 18.9. The molecule has 0 aliphatic carbocycles. The van der Waals surface area contributed by atoms with Crippen molar-refractivity contribution in [2.75, 3.05) is 25.1 Å². The fraction of sp³-hybridized carbons (Fsp3) is 0.571. The molecule has 0 spiro atoms. The molecule has 1 aromatic carbocycles. The van der Waals surface area contributed by atoms with E-state index >= 15 is 0 Å². The number of amides is 4. The highest BCUT2D eigenvalue weighted by Gasteiger charge is 2.50. The van der Waals surface area contributed by atoms with Gasteiger partial charge in [-0.15, -0.1) is 0 Å². The molecular formula is C21H29N3O5S. The highest BCUT2D eigenvalue weighted by atomic mass is 32.2. The van der Waals surface area contributed by atoms with Gasteiger partial charge in [0.05, 0.1) is 11.5 Å². The van der Waals surface area contributed by atoms with Crippen LogP contribution in [0.5, 0.6) is 0 Å². The van der Waals surface area contributed by atoms with E-state index in [1.807, 2.05) is 24.3 Å². The number of benzene rings is 1. The molecule has 8 nitrogen and oxygen atoms in total. The lowest BCUT2D eigenvalue weighted by molar-refractivity contribution is -0.139. The summed E-state index contributed by atoms with van der Waals surface area (Å²) in [4.78, 5) is 40.5. The summed E-state index contributed by atoms with van der Waals surface area (Å²) in [5.74, 6) is -1.02. The van der Waals surface area contributed by atoms with Crippen LogP contribution in [0, 0.1) is 0 Å². The monoisotopic (exact) mass is 435 g/mol. The van der Waals surface area contributed by atoms with Gasteiger partial charge < -0.3 is 10.2 Å². The molecule has 0 unspecified atom stereocenters. The van der Waals surface area contributed by atoms with Gasteiger partial charge in [-0.3, -0.25) is 14.5 Å². The van der Waals surface area contributed by atoms with E-state index < -0.39 is 45.8 Å². The second kappa shape index (κ2) is 7.37. The number of nitrogens with one attached hydrogen (secondary N) is 1. The number of hydrogen-bond donors (Lipinski definition) is 1. The average molecular weight is 436 g/mol. The van der Waals surface area contributed by atoms with Crippen LogP contribution >= 0.6 is 0 Å². The number of urea groups is 1. The van der Waals surface area contributed by atoms with Crippen LogP contribution in [0.3, 0.4) is 0 Å². The van der Waals surface area contributed by atoms with Crippen molar-refractivity contribution in [3.8, 4) is 0 Å². The molecule has 1 N–H and O–H groups in total. The van der Waals surface area contributed by atoms with Gasteiger partial charge in [-0.25, -0.2) is 13.2 Å². The molecule has 9 heteroatoms. The third-order valence-electron chi connectivity index (χ3n) is 6.05. The third kappa shape index (κ3) is 4.08. The molecule has 2 atom stereocenters. The van der Waals surface area contributed by atoms with Crippen molar-refractivity contribution in [2.24, 2.45) is 0 Å². The number of sulfone groups is 1. The van der Waals surface area contributed by atoms with Gasteiger partial charge in [0.2, 0.25) is 5.91 Å². The van der Waals surface area contributed by atoms with Crippen molar-refractivity contribution < 1.29 is 22.8 Å². The maximum Gasteiger partial charge on any atom is 0.325 e. The summed E-state index contributed by atoms with van der Waals surface area (Å²) < 4.78 is 23.4. The maximum absolute atomic E-state index is 13.1. The zero-order valence-electron chi connectivity index (χ0n) is 18.1. The molecule has 2 aliphatic heterocycles. The number of imide groups is 1. The Balaban J connectivity index is 1.75. The van der Waals surface area contributed by atoms with Crippen LogP contribution in [0.15, 0.2) is 24.3 Å². The lowest BCUT2D eigenvalue weighted by Crippen LogP contribution is -2.46. The van der Waals surface area contributed by atoms with Gasteiger partial charge in [0.1, 0.15) is 12.1 Å². The number of likely N-dealkylation sites (N-methyl/N-ethyl adjacent to an activating group) is 1. The Kier molecular flexibility index (Phi) is 5.47. The zero-order chi connectivity index (χ0) is 22.5. The van der Waals surface area contributed by atoms with Crippen molar-refractivity contribution in [3.63, 3.8) is 0 Å². The smallest absolute Gasteiger partial charge is 0.325 e. The predicted molar refractivity (Wildman–Crippen MR) is 113 cm³/mol. The summed E-state index contributed by atoms with van der Waals surface area (Å²) in [6.07, 6.45) is 0.364. The second-order valence-electron chi connectivity index (χ2n) is 9.34. The summed E-state index contributed by atoms with van der Waals surface area (Å²) in [7, 11) is -1.63. The summed E-state index contributed by atoms with van der Waals surface area (Å²) in [5.41, 5.74) is 0.438. The molecule has 2 heterocycles. The summed E-state index contributed by atoms with van der Waals surface area (Å²) in [5, 5.41) is 2.70. The Labute approximate surface area is 177 Å². The van der Waals surface area contributed by atoms with Crippen molar-refractivity contribution in [2.45, 2.75) is 51.1 Å². The average Bonchev–Trinajstić information content (AvgIpc) is 3.12. The van der Waals surface area contributed by atoms with Gasteiger partial charge in [0.25, 0.3) is 5.91 Å². The molecule has 0 radical (unpaired) electrons. The number of rotatable bonds is 4. The quantitative estimate of drug-likeness (QED) is 0.720. The highest BCUT2D eigenvalue weighted by molar-refractivity contribution is 7.91. The molecule has 2 saturated heterocycles. The van der Waals surface area contributed by atoms with E-state index in [0.29, 0.717) is 12.0 Å². The number of carbonyl (C=O) groups excluding carboxylic acids is 3. The number of carbonyl (C=O) groups is 3. The maximum atomic E-state index is 13.1. The Morgan fingerprint density at radius 3 is 2.33 bits per heavy atom. The minimum atomic E-state index is -3.15. The van der Waals surface area contributed by atoms with Crippen LogP contribution in [-0.4, -0.2) is 67.2 Å².